The zero-order valence-electron chi connectivity index (χ0n) is 10.6. The summed E-state index contributed by atoms with van der Waals surface area (Å²) in [7, 11) is 0. The van der Waals surface area contributed by atoms with Crippen LogP contribution in [0.25, 0.3) is 0 Å². The van der Waals surface area contributed by atoms with Gasteiger partial charge in [-0.1, -0.05) is 0 Å². The highest BCUT2D eigenvalue weighted by atomic mass is 16.6. The number of rotatable bonds is 11. The normalized spacial score (nSPS) is 9.88. The average Bonchev–Trinajstić information content (AvgIpc) is 2.34. The molecule has 0 saturated carbocycles. The number of hydrogen-bond donors (Lipinski definition) is 2. The van der Waals surface area contributed by atoms with E-state index in [-0.39, 0.29) is 0 Å². The molecule has 0 aromatic carbocycles. The Morgan fingerprint density at radius 3 is 1.41 bits per heavy atom. The Morgan fingerprint density at radius 1 is 0.765 bits per heavy atom. The van der Waals surface area contributed by atoms with Gasteiger partial charge >= 0.3 is 0 Å². The van der Waals surface area contributed by atoms with Crippen LogP contribution in [0.5, 0.6) is 0 Å². The van der Waals surface area contributed by atoms with E-state index in [0.717, 1.165) is 6.61 Å². The molecule has 0 atom stereocenters. The fourth-order valence-corrected chi connectivity index (χ4v) is 0.680. The molecule has 0 amide bonds. The summed E-state index contributed by atoms with van der Waals surface area (Å²) in [6.45, 7) is 9.57. The van der Waals surface area contributed by atoms with Gasteiger partial charge < -0.3 is 23.9 Å². The highest BCUT2D eigenvalue weighted by Gasteiger charge is 1.89. The lowest BCUT2D eigenvalue weighted by molar-refractivity contribution is -0.00225. The summed E-state index contributed by atoms with van der Waals surface area (Å²) in [4.78, 5) is 8.57. The van der Waals surface area contributed by atoms with Gasteiger partial charge in [-0.3, -0.25) is 0 Å². The first-order chi connectivity index (χ1) is 8.33. The molecule has 0 bridgehead atoms. The Balaban J connectivity index is 0. The molecule has 0 aromatic rings. The monoisotopic (exact) mass is 253 g/mol. The van der Waals surface area contributed by atoms with Gasteiger partial charge in [-0.15, -0.1) is 0 Å². The summed E-state index contributed by atoms with van der Waals surface area (Å²) in [6.07, 6.45) is 0. The van der Waals surface area contributed by atoms with E-state index >= 15 is 0 Å². The lowest BCUT2D eigenvalue weighted by Gasteiger charge is -2.03. The van der Waals surface area contributed by atoms with E-state index in [2.05, 4.69) is 16.6 Å². The minimum Gasteiger partial charge on any atom is -0.382 e. The van der Waals surface area contributed by atoms with Crippen molar-refractivity contribution in [2.24, 2.45) is 11.8 Å². The Labute approximate surface area is 103 Å². The number of ether oxygens (including phenoxy) is 3. The molecule has 0 fully saturated rings. The van der Waals surface area contributed by atoms with Gasteiger partial charge in [-0.05, 0) is 13.8 Å². The maximum atomic E-state index is 5.05. The summed E-state index contributed by atoms with van der Waals surface area (Å²) >= 11 is 0. The second kappa shape index (κ2) is 21.1. The van der Waals surface area contributed by atoms with Crippen molar-refractivity contribution in [2.45, 2.75) is 6.92 Å². The lowest BCUT2D eigenvalue weighted by Crippen LogP contribution is -2.13. The number of hydrogen-bond acceptors (Lipinski definition) is 7. The van der Waals surface area contributed by atoms with Crippen LogP contribution in [-0.2, 0) is 23.9 Å². The van der Waals surface area contributed by atoms with Gasteiger partial charge in [0.05, 0.1) is 39.6 Å². The van der Waals surface area contributed by atoms with Gasteiger partial charge in [-0.25, -0.2) is 11.8 Å². The van der Waals surface area contributed by atoms with Crippen molar-refractivity contribution in [3.05, 3.63) is 6.92 Å². The molecule has 0 saturated heterocycles. The first-order valence-electron chi connectivity index (χ1n) is 5.49. The van der Waals surface area contributed by atoms with E-state index in [9.17, 15) is 0 Å². The molecule has 0 rings (SSSR count). The van der Waals surface area contributed by atoms with E-state index in [4.69, 9.17) is 26.0 Å². The molecular weight excluding hydrogens is 228 g/mol. The zero-order chi connectivity index (χ0) is 13.2. The highest BCUT2D eigenvalue weighted by Crippen LogP contribution is 1.78. The van der Waals surface area contributed by atoms with Crippen molar-refractivity contribution in [3.63, 3.8) is 0 Å². The molecule has 105 valence electrons. The minimum absolute atomic E-state index is 0.395. The van der Waals surface area contributed by atoms with Gasteiger partial charge in [0.25, 0.3) is 0 Å². The quantitative estimate of drug-likeness (QED) is 0.384. The van der Waals surface area contributed by atoms with E-state index < -0.39 is 0 Å². The van der Waals surface area contributed by atoms with Crippen LogP contribution in [0.15, 0.2) is 0 Å². The van der Waals surface area contributed by atoms with Crippen LogP contribution in [-0.4, -0.2) is 52.9 Å². The van der Waals surface area contributed by atoms with Crippen molar-refractivity contribution in [3.8, 4) is 0 Å². The standard InChI is InChI=1S/C6H16N2O4.C4H9O/c7-11-5-3-9-1-2-10-4-6-12-8;1-3-5-4-2/h1-8H2;1,3-4H2,2H3. The number of nitrogens with two attached hydrogens (primary N) is 2. The molecule has 4 N–H and O–H groups in total. The molecule has 0 aliphatic heterocycles. The summed E-state index contributed by atoms with van der Waals surface area (Å²) < 4.78 is 14.8. The van der Waals surface area contributed by atoms with Gasteiger partial charge in [-0.2, -0.15) is 0 Å². The molecule has 7 heteroatoms. The van der Waals surface area contributed by atoms with E-state index in [1.165, 1.54) is 0 Å². The van der Waals surface area contributed by atoms with Gasteiger partial charge in [0.15, 0.2) is 0 Å². The average molecular weight is 253 g/mol. The van der Waals surface area contributed by atoms with E-state index in [0.29, 0.717) is 46.2 Å². The Kier molecular flexibility index (Phi) is 23.6. The van der Waals surface area contributed by atoms with Gasteiger partial charge in [0.2, 0.25) is 0 Å². The highest BCUT2D eigenvalue weighted by molar-refractivity contribution is 4.31. The van der Waals surface area contributed by atoms with E-state index in [1.807, 2.05) is 6.92 Å². The van der Waals surface area contributed by atoms with Gasteiger partial charge in [0, 0.05) is 13.2 Å². The first kappa shape index (κ1) is 19.1. The third-order valence-corrected chi connectivity index (χ3v) is 1.41. The third kappa shape index (κ3) is 25.7. The van der Waals surface area contributed by atoms with Crippen molar-refractivity contribution < 1.29 is 23.9 Å². The summed E-state index contributed by atoms with van der Waals surface area (Å²) in [5.74, 6) is 9.53. The summed E-state index contributed by atoms with van der Waals surface area (Å²) in [5, 5.41) is 0. The molecule has 0 aliphatic carbocycles. The Morgan fingerprint density at radius 2 is 1.18 bits per heavy atom. The second-order valence-corrected chi connectivity index (χ2v) is 2.66. The van der Waals surface area contributed by atoms with Crippen LogP contribution in [0.3, 0.4) is 0 Å². The smallest absolute Gasteiger partial charge is 0.0913 e. The molecule has 0 aliphatic rings. The molecule has 1 radical (unpaired) electrons. The van der Waals surface area contributed by atoms with Crippen LogP contribution in [0.2, 0.25) is 0 Å². The summed E-state index contributed by atoms with van der Waals surface area (Å²) in [5.41, 5.74) is 0. The van der Waals surface area contributed by atoms with Crippen LogP contribution in [0.1, 0.15) is 6.92 Å². The molecule has 17 heavy (non-hydrogen) atoms. The van der Waals surface area contributed by atoms with Crippen molar-refractivity contribution in [1.29, 1.82) is 0 Å². The van der Waals surface area contributed by atoms with Crippen LogP contribution in [0.4, 0.5) is 0 Å². The van der Waals surface area contributed by atoms with Crippen molar-refractivity contribution >= 4 is 0 Å². The lowest BCUT2D eigenvalue weighted by atomic mass is 10.7. The molecule has 0 aromatic heterocycles. The molecule has 0 heterocycles. The van der Waals surface area contributed by atoms with Crippen molar-refractivity contribution in [2.75, 3.05) is 52.9 Å². The van der Waals surface area contributed by atoms with E-state index in [1.54, 1.807) is 0 Å². The summed E-state index contributed by atoms with van der Waals surface area (Å²) in [6, 6.07) is 0. The predicted molar refractivity (Wildman–Crippen MR) is 63.8 cm³/mol. The third-order valence-electron chi connectivity index (χ3n) is 1.41. The maximum absolute atomic E-state index is 5.05. The fraction of sp³-hybridized carbons (Fsp3) is 0.900. The molecule has 0 spiro atoms. The maximum Gasteiger partial charge on any atom is 0.0913 e. The van der Waals surface area contributed by atoms with Crippen molar-refractivity contribution in [1.82, 2.24) is 0 Å². The Bertz CT molecular complexity index is 107. The molecular formula is C10H25N2O5. The van der Waals surface area contributed by atoms with Gasteiger partial charge in [0.1, 0.15) is 0 Å². The SMILES string of the molecule is NOCCOCCOCCON.[CH2]COCC. The fourth-order valence-electron chi connectivity index (χ4n) is 0.680. The minimum atomic E-state index is 0.395. The van der Waals surface area contributed by atoms with Crippen LogP contribution in [0, 0.1) is 6.92 Å². The second-order valence-electron chi connectivity index (χ2n) is 2.66. The first-order valence-corrected chi connectivity index (χ1v) is 5.49. The zero-order valence-corrected chi connectivity index (χ0v) is 10.6. The largest absolute Gasteiger partial charge is 0.382 e. The topological polar surface area (TPSA) is 98.2 Å². The molecule has 0 unspecified atom stereocenters. The molecule has 7 nitrogen and oxygen atoms in total. The predicted octanol–water partition coefficient (Wildman–Crippen LogP) is -0.343. The van der Waals surface area contributed by atoms with Crippen LogP contribution < -0.4 is 11.8 Å². The Hall–Kier alpha value is -0.280. The van der Waals surface area contributed by atoms with Crippen LogP contribution >= 0.6 is 0 Å².